The minimum Gasteiger partial charge on any atom is -0.490 e. The Labute approximate surface area is 140 Å². The highest BCUT2D eigenvalue weighted by atomic mass is 79.9. The fraction of sp³-hybridized carbons (Fsp3) is 0.200. The molecule has 0 aliphatic heterocycles. The van der Waals surface area contributed by atoms with Gasteiger partial charge in [-0.25, -0.2) is 9.48 Å². The lowest BCUT2D eigenvalue weighted by Gasteiger charge is -2.12. The first-order valence-electron chi connectivity index (χ1n) is 6.59. The molecule has 0 amide bonds. The van der Waals surface area contributed by atoms with Gasteiger partial charge in [-0.15, -0.1) is 0 Å². The molecule has 0 spiro atoms. The van der Waals surface area contributed by atoms with Crippen molar-refractivity contribution in [3.8, 4) is 17.6 Å². The number of nitriles is 1. The van der Waals surface area contributed by atoms with Crippen molar-refractivity contribution in [1.82, 2.24) is 9.78 Å². The highest BCUT2D eigenvalue weighted by Crippen LogP contribution is 2.37. The topological polar surface area (TPSA) is 94.2 Å². The summed E-state index contributed by atoms with van der Waals surface area (Å²) in [7, 11) is 1.43. The molecule has 1 aromatic carbocycles. The van der Waals surface area contributed by atoms with Crippen LogP contribution in [0.4, 0.5) is 0 Å². The second kappa shape index (κ2) is 7.07. The highest BCUT2D eigenvalue weighted by Gasteiger charge is 2.18. The number of benzene rings is 1. The Hall–Kier alpha value is -2.66. The smallest absolute Gasteiger partial charge is 0.364 e. The average molecular weight is 378 g/mol. The van der Waals surface area contributed by atoms with Crippen LogP contribution in [-0.4, -0.2) is 22.4 Å². The summed E-state index contributed by atoms with van der Waals surface area (Å²) in [5.74, 6) is -0.338. The molecule has 2 aromatic rings. The van der Waals surface area contributed by atoms with Crippen LogP contribution in [0.15, 0.2) is 33.5 Å². The maximum absolute atomic E-state index is 12.2. The van der Waals surface area contributed by atoms with E-state index in [2.05, 4.69) is 21.0 Å². The molecule has 2 rings (SSSR count). The number of ether oxygens (including phenoxy) is 2. The van der Waals surface area contributed by atoms with Crippen LogP contribution in [0.1, 0.15) is 23.0 Å². The van der Waals surface area contributed by atoms with E-state index < -0.39 is 5.97 Å². The normalized spacial score (nSPS) is 10.0. The molecule has 0 atom stereocenters. The summed E-state index contributed by atoms with van der Waals surface area (Å²) in [6.07, 6.45) is 0. The van der Waals surface area contributed by atoms with Crippen molar-refractivity contribution in [1.29, 1.82) is 5.26 Å². The minimum atomic E-state index is -0.744. The third-order valence-corrected chi connectivity index (χ3v) is 3.39. The molecule has 8 heteroatoms. The van der Waals surface area contributed by atoms with Crippen LogP contribution in [0.5, 0.6) is 11.5 Å². The molecule has 23 heavy (non-hydrogen) atoms. The van der Waals surface area contributed by atoms with Crippen LogP contribution in [0, 0.1) is 11.3 Å². The fourth-order valence-corrected chi connectivity index (χ4v) is 2.27. The van der Waals surface area contributed by atoms with Crippen LogP contribution in [0.25, 0.3) is 0 Å². The SMILES string of the molecule is CCOc1cc(C#N)cc(Br)c1OC(=O)c1ccc(=O)n(C)n1. The van der Waals surface area contributed by atoms with E-state index in [-0.39, 0.29) is 22.8 Å². The molecule has 7 nitrogen and oxygen atoms in total. The molecule has 0 N–H and O–H groups in total. The van der Waals surface area contributed by atoms with Gasteiger partial charge in [0.2, 0.25) is 0 Å². The molecule has 1 aromatic heterocycles. The Balaban J connectivity index is 2.38. The number of aryl methyl sites for hydroxylation is 1. The average Bonchev–Trinajstić information content (AvgIpc) is 2.53. The molecule has 0 aliphatic rings. The van der Waals surface area contributed by atoms with Gasteiger partial charge in [0.25, 0.3) is 5.56 Å². The van der Waals surface area contributed by atoms with Crippen molar-refractivity contribution < 1.29 is 14.3 Å². The number of carbonyl (C=O) groups is 1. The van der Waals surface area contributed by atoms with E-state index in [1.54, 1.807) is 6.92 Å². The van der Waals surface area contributed by atoms with Gasteiger partial charge >= 0.3 is 5.97 Å². The summed E-state index contributed by atoms with van der Waals surface area (Å²) in [6, 6.07) is 7.49. The zero-order valence-electron chi connectivity index (χ0n) is 12.4. The molecule has 0 fully saturated rings. The Kier molecular flexibility index (Phi) is 5.13. The van der Waals surface area contributed by atoms with E-state index in [4.69, 9.17) is 14.7 Å². The maximum atomic E-state index is 12.2. The Bertz CT molecular complexity index is 855. The third-order valence-electron chi connectivity index (χ3n) is 2.80. The number of aromatic nitrogens is 2. The van der Waals surface area contributed by atoms with E-state index in [0.29, 0.717) is 16.6 Å². The predicted octanol–water partition coefficient (Wildman–Crippen LogP) is 2.03. The molecule has 0 unspecified atom stereocenters. The van der Waals surface area contributed by atoms with Crippen molar-refractivity contribution in [3.05, 3.63) is 50.3 Å². The summed E-state index contributed by atoms with van der Waals surface area (Å²) in [4.78, 5) is 23.5. The molecule has 118 valence electrons. The zero-order valence-corrected chi connectivity index (χ0v) is 14.0. The first kappa shape index (κ1) is 16.7. The lowest BCUT2D eigenvalue weighted by Crippen LogP contribution is -2.23. The number of nitrogens with zero attached hydrogens (tertiary/aromatic N) is 3. The van der Waals surface area contributed by atoms with Crippen LogP contribution in [0.2, 0.25) is 0 Å². The second-order valence-corrected chi connectivity index (χ2v) is 5.25. The number of halogens is 1. The number of carbonyl (C=O) groups excluding carboxylic acids is 1. The van der Waals surface area contributed by atoms with Gasteiger partial charge < -0.3 is 9.47 Å². The van der Waals surface area contributed by atoms with Gasteiger partial charge in [0.15, 0.2) is 17.2 Å². The van der Waals surface area contributed by atoms with Gasteiger partial charge in [0, 0.05) is 19.2 Å². The van der Waals surface area contributed by atoms with Crippen LogP contribution in [-0.2, 0) is 7.05 Å². The molecule has 0 saturated carbocycles. The van der Waals surface area contributed by atoms with Crippen LogP contribution >= 0.6 is 15.9 Å². The summed E-state index contributed by atoms with van der Waals surface area (Å²) in [6.45, 7) is 2.11. The largest absolute Gasteiger partial charge is 0.490 e. The highest BCUT2D eigenvalue weighted by molar-refractivity contribution is 9.10. The molecule has 0 aliphatic carbocycles. The van der Waals surface area contributed by atoms with Gasteiger partial charge in [-0.2, -0.15) is 10.4 Å². The summed E-state index contributed by atoms with van der Waals surface area (Å²) >= 11 is 3.25. The van der Waals surface area contributed by atoms with Gasteiger partial charge in [-0.1, -0.05) is 0 Å². The van der Waals surface area contributed by atoms with Crippen molar-refractivity contribution in [2.75, 3.05) is 6.61 Å². The van der Waals surface area contributed by atoms with E-state index in [9.17, 15) is 9.59 Å². The number of hydrogen-bond acceptors (Lipinski definition) is 6. The van der Waals surface area contributed by atoms with E-state index in [1.807, 2.05) is 6.07 Å². The summed E-state index contributed by atoms with van der Waals surface area (Å²) in [5.41, 5.74) is 0.00211. The Morgan fingerprint density at radius 3 is 2.78 bits per heavy atom. The number of esters is 1. The van der Waals surface area contributed by atoms with Crippen molar-refractivity contribution in [2.24, 2.45) is 7.05 Å². The first-order chi connectivity index (χ1) is 11.0. The number of hydrogen-bond donors (Lipinski definition) is 0. The Morgan fingerprint density at radius 1 is 1.43 bits per heavy atom. The van der Waals surface area contributed by atoms with Gasteiger partial charge in [0.05, 0.1) is 22.7 Å². The van der Waals surface area contributed by atoms with Gasteiger partial charge in [-0.05, 0) is 35.0 Å². The van der Waals surface area contributed by atoms with Crippen molar-refractivity contribution in [3.63, 3.8) is 0 Å². The quantitative estimate of drug-likeness (QED) is 0.597. The van der Waals surface area contributed by atoms with Gasteiger partial charge in [-0.3, -0.25) is 4.79 Å². The zero-order chi connectivity index (χ0) is 17.0. The predicted molar refractivity (Wildman–Crippen MR) is 84.5 cm³/mol. The lowest BCUT2D eigenvalue weighted by molar-refractivity contribution is 0.0718. The van der Waals surface area contributed by atoms with E-state index in [0.717, 1.165) is 4.68 Å². The molecule has 0 radical (unpaired) electrons. The monoisotopic (exact) mass is 377 g/mol. The third kappa shape index (κ3) is 3.76. The van der Waals surface area contributed by atoms with Gasteiger partial charge in [0.1, 0.15) is 0 Å². The van der Waals surface area contributed by atoms with Crippen molar-refractivity contribution in [2.45, 2.75) is 6.92 Å². The molecular formula is C15H12BrN3O4. The van der Waals surface area contributed by atoms with E-state index in [1.165, 1.54) is 31.3 Å². The summed E-state index contributed by atoms with van der Waals surface area (Å²) < 4.78 is 12.2. The molecule has 0 saturated heterocycles. The second-order valence-electron chi connectivity index (χ2n) is 4.40. The van der Waals surface area contributed by atoms with Crippen LogP contribution in [0.3, 0.4) is 0 Å². The minimum absolute atomic E-state index is 0.0224. The van der Waals surface area contributed by atoms with E-state index >= 15 is 0 Å². The first-order valence-corrected chi connectivity index (χ1v) is 7.38. The summed E-state index contributed by atoms with van der Waals surface area (Å²) in [5, 5.41) is 12.8. The standard InChI is InChI=1S/C15H12BrN3O4/c1-3-22-12-7-9(8-17)6-10(16)14(12)23-15(21)11-4-5-13(20)19(2)18-11/h4-7H,3H2,1-2H3. The number of rotatable bonds is 4. The molecule has 0 bridgehead atoms. The molecular weight excluding hydrogens is 366 g/mol. The van der Waals surface area contributed by atoms with Crippen molar-refractivity contribution >= 4 is 21.9 Å². The lowest BCUT2D eigenvalue weighted by atomic mass is 10.2. The molecule has 1 heterocycles. The maximum Gasteiger partial charge on any atom is 0.364 e. The fourth-order valence-electron chi connectivity index (χ4n) is 1.75. The Morgan fingerprint density at radius 2 is 2.17 bits per heavy atom. The van der Waals surface area contributed by atoms with Crippen LogP contribution < -0.4 is 15.0 Å².